The van der Waals surface area contributed by atoms with Crippen LogP contribution in [0.2, 0.25) is 0 Å². The van der Waals surface area contributed by atoms with Gasteiger partial charge in [0.05, 0.1) is 22.9 Å². The molecule has 1 unspecified atom stereocenters. The zero-order valence-corrected chi connectivity index (χ0v) is 15.8. The van der Waals surface area contributed by atoms with Crippen molar-refractivity contribution in [3.05, 3.63) is 101 Å². The smallest absolute Gasteiger partial charge is 0.229 e. The molecule has 4 aromatic rings. The summed E-state index contributed by atoms with van der Waals surface area (Å²) in [6, 6.07) is 26.3. The van der Waals surface area contributed by atoms with Gasteiger partial charge in [-0.25, -0.2) is 4.68 Å². The summed E-state index contributed by atoms with van der Waals surface area (Å²) in [6.07, 6.45) is 0. The van der Waals surface area contributed by atoms with Crippen molar-refractivity contribution in [1.29, 1.82) is 5.26 Å². The SMILES string of the molecule is Cc1nn(-c2ccccc2)c2c1C(c1cccc3ccccc13)C(C#N)=C(N)O2. The van der Waals surface area contributed by atoms with E-state index in [1.54, 1.807) is 4.68 Å². The first-order valence-electron chi connectivity index (χ1n) is 9.39. The zero-order valence-electron chi connectivity index (χ0n) is 15.8. The van der Waals surface area contributed by atoms with E-state index in [0.29, 0.717) is 11.5 Å². The highest BCUT2D eigenvalue weighted by molar-refractivity contribution is 5.87. The molecule has 5 nitrogen and oxygen atoms in total. The summed E-state index contributed by atoms with van der Waals surface area (Å²) < 4.78 is 7.69. The van der Waals surface area contributed by atoms with E-state index < -0.39 is 0 Å². The number of ether oxygens (including phenoxy) is 1. The fraction of sp³-hybridized carbons (Fsp3) is 0.0833. The van der Waals surface area contributed by atoms with E-state index in [1.165, 1.54) is 0 Å². The van der Waals surface area contributed by atoms with Crippen molar-refractivity contribution >= 4 is 10.8 Å². The number of nitrogens with zero attached hydrogens (tertiary/aromatic N) is 3. The van der Waals surface area contributed by atoms with Gasteiger partial charge in [-0.2, -0.15) is 10.4 Å². The molecule has 1 atom stereocenters. The second-order valence-electron chi connectivity index (χ2n) is 7.04. The number of para-hydroxylation sites is 1. The van der Waals surface area contributed by atoms with Crippen molar-refractivity contribution in [2.24, 2.45) is 5.73 Å². The Morgan fingerprint density at radius 1 is 1.00 bits per heavy atom. The van der Waals surface area contributed by atoms with Crippen molar-refractivity contribution in [2.75, 3.05) is 0 Å². The minimum atomic E-state index is -0.340. The Bertz CT molecular complexity index is 1310. The summed E-state index contributed by atoms with van der Waals surface area (Å²) in [5.74, 6) is 0.338. The maximum atomic E-state index is 9.91. The zero-order chi connectivity index (χ0) is 20.0. The molecular formula is C24H18N4O. The van der Waals surface area contributed by atoms with Gasteiger partial charge in [0.25, 0.3) is 0 Å². The molecule has 5 heteroatoms. The number of hydrogen-bond donors (Lipinski definition) is 1. The average molecular weight is 378 g/mol. The largest absolute Gasteiger partial charge is 0.422 e. The standard InChI is InChI=1S/C24H18N4O/c1-15-21-22(19-13-7-9-16-8-5-6-12-18(16)19)20(14-25)23(26)29-24(21)28(27-15)17-10-3-2-4-11-17/h2-13,22H,26H2,1H3. The van der Waals surface area contributed by atoms with Crippen LogP contribution in [0, 0.1) is 18.3 Å². The average Bonchev–Trinajstić information content (AvgIpc) is 3.09. The minimum Gasteiger partial charge on any atom is -0.422 e. The lowest BCUT2D eigenvalue weighted by atomic mass is 9.82. The molecule has 1 aliphatic heterocycles. The van der Waals surface area contributed by atoms with Crippen LogP contribution in [0.1, 0.15) is 22.7 Å². The predicted octanol–water partition coefficient (Wildman–Crippen LogP) is 4.55. The van der Waals surface area contributed by atoms with Crippen LogP contribution in [0.25, 0.3) is 16.5 Å². The first-order chi connectivity index (χ1) is 14.2. The van der Waals surface area contributed by atoms with Crippen LogP contribution in [0.5, 0.6) is 5.88 Å². The van der Waals surface area contributed by atoms with Crippen LogP contribution in [0.3, 0.4) is 0 Å². The van der Waals surface area contributed by atoms with Gasteiger partial charge in [-0.3, -0.25) is 0 Å². The topological polar surface area (TPSA) is 76.9 Å². The van der Waals surface area contributed by atoms with E-state index in [2.05, 4.69) is 24.3 Å². The molecule has 1 aromatic heterocycles. The van der Waals surface area contributed by atoms with Gasteiger partial charge >= 0.3 is 0 Å². The first kappa shape index (κ1) is 17.1. The lowest BCUT2D eigenvalue weighted by molar-refractivity contribution is 0.367. The molecule has 0 saturated carbocycles. The van der Waals surface area contributed by atoms with Crippen LogP contribution >= 0.6 is 0 Å². The number of aryl methyl sites for hydroxylation is 1. The van der Waals surface area contributed by atoms with E-state index >= 15 is 0 Å². The molecule has 0 spiro atoms. The number of aromatic nitrogens is 2. The monoisotopic (exact) mass is 378 g/mol. The van der Waals surface area contributed by atoms with Crippen molar-refractivity contribution in [3.8, 4) is 17.6 Å². The maximum absolute atomic E-state index is 9.91. The Balaban J connectivity index is 1.81. The van der Waals surface area contributed by atoms with Crippen LogP contribution in [0.15, 0.2) is 84.3 Å². The predicted molar refractivity (Wildman–Crippen MR) is 112 cm³/mol. The van der Waals surface area contributed by atoms with Gasteiger partial charge in [0.15, 0.2) is 0 Å². The summed E-state index contributed by atoms with van der Waals surface area (Å²) in [5, 5.41) is 16.8. The number of benzene rings is 3. The lowest BCUT2D eigenvalue weighted by Gasteiger charge is -2.25. The molecule has 29 heavy (non-hydrogen) atoms. The summed E-state index contributed by atoms with van der Waals surface area (Å²) in [7, 11) is 0. The molecule has 2 N–H and O–H groups in total. The van der Waals surface area contributed by atoms with E-state index in [0.717, 1.165) is 33.3 Å². The minimum absolute atomic E-state index is 0.120. The number of allylic oxidation sites excluding steroid dienone is 1. The Kier molecular flexibility index (Phi) is 3.85. The fourth-order valence-corrected chi connectivity index (χ4v) is 4.07. The van der Waals surface area contributed by atoms with Crippen LogP contribution in [0.4, 0.5) is 0 Å². The summed E-state index contributed by atoms with van der Waals surface area (Å²) in [6.45, 7) is 1.94. The van der Waals surface area contributed by atoms with Crippen LogP contribution in [-0.2, 0) is 0 Å². The molecule has 0 fully saturated rings. The molecule has 0 bridgehead atoms. The number of nitrogens with two attached hydrogens (primary N) is 1. The number of nitriles is 1. The molecular weight excluding hydrogens is 360 g/mol. The highest BCUT2D eigenvalue weighted by Crippen LogP contribution is 2.46. The second-order valence-corrected chi connectivity index (χ2v) is 7.04. The van der Waals surface area contributed by atoms with Crippen molar-refractivity contribution < 1.29 is 4.74 Å². The summed E-state index contributed by atoms with van der Waals surface area (Å²) in [4.78, 5) is 0. The highest BCUT2D eigenvalue weighted by Gasteiger charge is 2.36. The molecule has 2 heterocycles. The van der Waals surface area contributed by atoms with E-state index in [9.17, 15) is 5.26 Å². The van der Waals surface area contributed by atoms with E-state index in [4.69, 9.17) is 15.6 Å². The van der Waals surface area contributed by atoms with Crippen molar-refractivity contribution in [1.82, 2.24) is 9.78 Å². The van der Waals surface area contributed by atoms with Gasteiger partial charge in [-0.05, 0) is 35.4 Å². The Morgan fingerprint density at radius 3 is 2.52 bits per heavy atom. The normalized spacial score (nSPS) is 15.7. The second kappa shape index (κ2) is 6.54. The fourth-order valence-electron chi connectivity index (χ4n) is 4.07. The third-order valence-corrected chi connectivity index (χ3v) is 5.37. The third-order valence-electron chi connectivity index (χ3n) is 5.37. The van der Waals surface area contributed by atoms with Crippen molar-refractivity contribution in [2.45, 2.75) is 12.8 Å². The molecule has 140 valence electrons. The quantitative estimate of drug-likeness (QED) is 0.555. The van der Waals surface area contributed by atoms with Gasteiger partial charge in [0.2, 0.25) is 11.8 Å². The molecule has 0 amide bonds. The highest BCUT2D eigenvalue weighted by atomic mass is 16.5. The molecule has 0 saturated heterocycles. The Labute approximate surface area is 168 Å². The van der Waals surface area contributed by atoms with E-state index in [1.807, 2.05) is 61.5 Å². The Morgan fingerprint density at radius 2 is 1.72 bits per heavy atom. The van der Waals surface area contributed by atoms with E-state index in [-0.39, 0.29) is 11.8 Å². The third kappa shape index (κ3) is 2.58. The van der Waals surface area contributed by atoms with Gasteiger partial charge < -0.3 is 10.5 Å². The van der Waals surface area contributed by atoms with Gasteiger partial charge in [-0.1, -0.05) is 60.7 Å². The van der Waals surface area contributed by atoms with Gasteiger partial charge in [0, 0.05) is 0 Å². The lowest BCUT2D eigenvalue weighted by Crippen LogP contribution is -2.22. The number of fused-ring (bicyclic) bond motifs is 2. The van der Waals surface area contributed by atoms with Crippen LogP contribution < -0.4 is 10.5 Å². The molecule has 3 aromatic carbocycles. The molecule has 1 aliphatic rings. The van der Waals surface area contributed by atoms with Gasteiger partial charge in [0.1, 0.15) is 11.6 Å². The molecule has 0 aliphatic carbocycles. The van der Waals surface area contributed by atoms with Crippen LogP contribution in [-0.4, -0.2) is 9.78 Å². The Hall–Kier alpha value is -4.04. The van der Waals surface area contributed by atoms with Gasteiger partial charge in [-0.15, -0.1) is 0 Å². The maximum Gasteiger partial charge on any atom is 0.229 e. The first-order valence-corrected chi connectivity index (χ1v) is 9.39. The number of hydrogen-bond acceptors (Lipinski definition) is 4. The number of rotatable bonds is 2. The van der Waals surface area contributed by atoms with Crippen molar-refractivity contribution in [3.63, 3.8) is 0 Å². The molecule has 0 radical (unpaired) electrons. The molecule has 5 rings (SSSR count). The summed E-state index contributed by atoms with van der Waals surface area (Å²) >= 11 is 0. The summed E-state index contributed by atoms with van der Waals surface area (Å²) in [5.41, 5.74) is 10.2.